The number of ether oxygens (including phenoxy) is 1. The average Bonchev–Trinajstić information content (AvgIpc) is 2.69. The van der Waals surface area contributed by atoms with E-state index in [4.69, 9.17) is 4.74 Å². The van der Waals surface area contributed by atoms with Gasteiger partial charge < -0.3 is 9.29 Å². The highest BCUT2D eigenvalue weighted by Gasteiger charge is 2.38. The summed E-state index contributed by atoms with van der Waals surface area (Å²) >= 11 is 2.41. The number of hydrogen-bond donors (Lipinski definition) is 1. The van der Waals surface area contributed by atoms with Gasteiger partial charge in [-0.05, 0) is 26.0 Å². The van der Waals surface area contributed by atoms with Gasteiger partial charge in [0.1, 0.15) is 10.5 Å². The number of halogens is 1. The molecule has 0 saturated heterocycles. The Hall–Kier alpha value is -0.230. The molecule has 0 radical (unpaired) electrons. The molecule has 2 unspecified atom stereocenters. The minimum atomic E-state index is -1.03. The van der Waals surface area contributed by atoms with E-state index in [1.54, 1.807) is 7.05 Å². The number of hydrogen-bond acceptors (Lipinski definition) is 3. The SMILES string of the molecule is CN[S+]([O-])C(C)(C)CC1COc2cc(Br)ccc21. The van der Waals surface area contributed by atoms with Crippen LogP contribution in [-0.4, -0.2) is 23.0 Å². The maximum Gasteiger partial charge on any atom is 0.140 e. The lowest BCUT2D eigenvalue weighted by Crippen LogP contribution is -2.41. The van der Waals surface area contributed by atoms with Crippen molar-refractivity contribution in [2.75, 3.05) is 13.7 Å². The van der Waals surface area contributed by atoms with Crippen molar-refractivity contribution >= 4 is 27.3 Å². The smallest absolute Gasteiger partial charge is 0.140 e. The zero-order chi connectivity index (χ0) is 13.3. The highest BCUT2D eigenvalue weighted by Crippen LogP contribution is 2.41. The van der Waals surface area contributed by atoms with Crippen molar-refractivity contribution < 1.29 is 9.29 Å². The van der Waals surface area contributed by atoms with Crippen LogP contribution in [0, 0.1) is 0 Å². The first kappa shape index (κ1) is 14.2. The van der Waals surface area contributed by atoms with Crippen LogP contribution in [0.2, 0.25) is 0 Å². The zero-order valence-corrected chi connectivity index (χ0v) is 13.2. The molecule has 1 aromatic carbocycles. The first-order chi connectivity index (χ1) is 8.44. The number of nitrogens with one attached hydrogen (secondary N) is 1. The minimum absolute atomic E-state index is 0.266. The van der Waals surface area contributed by atoms with E-state index < -0.39 is 11.4 Å². The lowest BCUT2D eigenvalue weighted by molar-refractivity contribution is 0.315. The molecule has 0 saturated carbocycles. The van der Waals surface area contributed by atoms with Crippen LogP contribution in [0.5, 0.6) is 5.75 Å². The second kappa shape index (κ2) is 5.41. The van der Waals surface area contributed by atoms with Gasteiger partial charge in [0.15, 0.2) is 0 Å². The van der Waals surface area contributed by atoms with Crippen LogP contribution in [0.15, 0.2) is 22.7 Å². The molecular weight excluding hydrogens is 314 g/mol. The van der Waals surface area contributed by atoms with E-state index in [0.717, 1.165) is 16.6 Å². The first-order valence-corrected chi connectivity index (χ1v) is 7.90. The molecule has 3 nitrogen and oxygen atoms in total. The van der Waals surface area contributed by atoms with Crippen LogP contribution in [-0.2, 0) is 11.4 Å². The van der Waals surface area contributed by atoms with Crippen LogP contribution in [0.1, 0.15) is 31.7 Å². The fourth-order valence-electron chi connectivity index (χ4n) is 2.36. The molecule has 1 heterocycles. The molecule has 2 atom stereocenters. The van der Waals surface area contributed by atoms with Crippen molar-refractivity contribution in [3.8, 4) is 5.75 Å². The summed E-state index contributed by atoms with van der Waals surface area (Å²) in [7, 11) is 1.73. The summed E-state index contributed by atoms with van der Waals surface area (Å²) in [6.07, 6.45) is 0.842. The monoisotopic (exact) mass is 331 g/mol. The Kier molecular flexibility index (Phi) is 4.26. The van der Waals surface area contributed by atoms with E-state index in [1.807, 2.05) is 26.0 Å². The predicted octanol–water partition coefficient (Wildman–Crippen LogP) is 2.98. The molecule has 1 aromatic rings. The largest absolute Gasteiger partial charge is 0.598 e. The Labute approximate surface area is 120 Å². The molecule has 0 spiro atoms. The van der Waals surface area contributed by atoms with Gasteiger partial charge in [0.05, 0.1) is 6.61 Å². The van der Waals surface area contributed by atoms with Crippen molar-refractivity contribution in [3.05, 3.63) is 28.2 Å². The molecule has 1 N–H and O–H groups in total. The van der Waals surface area contributed by atoms with Crippen LogP contribution >= 0.6 is 15.9 Å². The molecule has 5 heteroatoms. The summed E-state index contributed by atoms with van der Waals surface area (Å²) in [4.78, 5) is 0. The summed E-state index contributed by atoms with van der Waals surface area (Å²) in [5, 5.41) is 0. The third kappa shape index (κ3) is 2.85. The van der Waals surface area contributed by atoms with Gasteiger partial charge in [-0.15, -0.1) is 4.72 Å². The molecule has 2 rings (SSSR count). The Morgan fingerprint density at radius 2 is 2.28 bits per heavy atom. The second-order valence-electron chi connectivity index (χ2n) is 5.13. The Morgan fingerprint density at radius 1 is 1.56 bits per heavy atom. The Morgan fingerprint density at radius 3 is 2.94 bits per heavy atom. The summed E-state index contributed by atoms with van der Waals surface area (Å²) in [6, 6.07) is 6.12. The molecular formula is C13H18BrNO2S. The van der Waals surface area contributed by atoms with Gasteiger partial charge in [-0.25, -0.2) is 0 Å². The van der Waals surface area contributed by atoms with Gasteiger partial charge in [-0.3, -0.25) is 0 Å². The Bertz CT molecular complexity index is 439. The van der Waals surface area contributed by atoms with Crippen LogP contribution in [0.4, 0.5) is 0 Å². The van der Waals surface area contributed by atoms with E-state index in [0.29, 0.717) is 12.5 Å². The third-order valence-corrected chi connectivity index (χ3v) is 5.32. The van der Waals surface area contributed by atoms with Crippen molar-refractivity contribution in [1.82, 2.24) is 4.72 Å². The molecule has 0 bridgehead atoms. The van der Waals surface area contributed by atoms with Crippen molar-refractivity contribution in [2.45, 2.75) is 30.9 Å². The minimum Gasteiger partial charge on any atom is -0.598 e. The summed E-state index contributed by atoms with van der Waals surface area (Å²) < 4.78 is 21.2. The van der Waals surface area contributed by atoms with E-state index >= 15 is 0 Å². The van der Waals surface area contributed by atoms with Gasteiger partial charge in [0.25, 0.3) is 0 Å². The van der Waals surface area contributed by atoms with E-state index in [2.05, 4.69) is 26.7 Å². The van der Waals surface area contributed by atoms with Gasteiger partial charge in [0.2, 0.25) is 0 Å². The third-order valence-electron chi connectivity index (χ3n) is 3.28. The van der Waals surface area contributed by atoms with Gasteiger partial charge in [0, 0.05) is 40.8 Å². The van der Waals surface area contributed by atoms with Crippen LogP contribution in [0.3, 0.4) is 0 Å². The van der Waals surface area contributed by atoms with Gasteiger partial charge in [-0.2, -0.15) is 0 Å². The number of fused-ring (bicyclic) bond motifs is 1. The standard InChI is InChI=1S/C13H18BrNO2S/c1-13(2,18(16)15-3)7-9-8-17-12-6-10(14)4-5-11(9)12/h4-6,9,15H,7-8H2,1-3H3. The van der Waals surface area contributed by atoms with Gasteiger partial charge >= 0.3 is 0 Å². The lowest BCUT2D eigenvalue weighted by Gasteiger charge is -2.28. The van der Waals surface area contributed by atoms with E-state index in [9.17, 15) is 4.55 Å². The topological polar surface area (TPSA) is 44.3 Å². The van der Waals surface area contributed by atoms with Crippen LogP contribution < -0.4 is 9.46 Å². The molecule has 1 aliphatic rings. The quantitative estimate of drug-likeness (QED) is 0.862. The second-order valence-corrected chi connectivity index (χ2v) is 8.09. The maximum absolute atomic E-state index is 11.9. The molecule has 1 aliphatic heterocycles. The van der Waals surface area contributed by atoms with Crippen molar-refractivity contribution in [1.29, 1.82) is 0 Å². The van der Waals surface area contributed by atoms with E-state index in [-0.39, 0.29) is 4.75 Å². The van der Waals surface area contributed by atoms with Crippen molar-refractivity contribution in [3.63, 3.8) is 0 Å². The maximum atomic E-state index is 11.9. The van der Waals surface area contributed by atoms with Crippen LogP contribution in [0.25, 0.3) is 0 Å². The number of benzene rings is 1. The fourth-order valence-corrected chi connectivity index (χ4v) is 3.61. The molecule has 18 heavy (non-hydrogen) atoms. The zero-order valence-electron chi connectivity index (χ0n) is 10.8. The number of rotatable bonds is 4. The normalized spacial score (nSPS) is 20.4. The summed E-state index contributed by atoms with van der Waals surface area (Å²) in [5.74, 6) is 1.26. The fraction of sp³-hybridized carbons (Fsp3) is 0.538. The Balaban J connectivity index is 2.15. The van der Waals surface area contributed by atoms with Crippen molar-refractivity contribution in [2.24, 2.45) is 0 Å². The lowest BCUT2D eigenvalue weighted by atomic mass is 9.91. The molecule has 0 amide bonds. The average molecular weight is 332 g/mol. The molecule has 100 valence electrons. The highest BCUT2D eigenvalue weighted by molar-refractivity contribution is 9.10. The van der Waals surface area contributed by atoms with E-state index in [1.165, 1.54) is 5.56 Å². The first-order valence-electron chi connectivity index (χ1n) is 5.95. The predicted molar refractivity (Wildman–Crippen MR) is 78.3 cm³/mol. The van der Waals surface area contributed by atoms with Gasteiger partial charge in [-0.1, -0.05) is 22.0 Å². The highest BCUT2D eigenvalue weighted by atomic mass is 79.9. The summed E-state index contributed by atoms with van der Waals surface area (Å²) in [5.41, 5.74) is 1.22. The molecule has 0 aromatic heterocycles. The molecule has 0 fully saturated rings. The summed E-state index contributed by atoms with van der Waals surface area (Å²) in [6.45, 7) is 4.73. The molecule has 0 aliphatic carbocycles.